The molecule has 0 aliphatic heterocycles. The Morgan fingerprint density at radius 2 is 1.95 bits per heavy atom. The minimum Gasteiger partial charge on any atom is -0.465 e. The number of esters is 1. The number of Topliss-reactive ketones (excluding diaryl/α,β-unsaturated/α-hetero) is 1. The zero-order valence-corrected chi connectivity index (χ0v) is 14.2. The van der Waals surface area contributed by atoms with Gasteiger partial charge in [-0.3, -0.25) is 4.79 Å². The first-order valence-corrected chi connectivity index (χ1v) is 7.97. The molecule has 0 aliphatic carbocycles. The summed E-state index contributed by atoms with van der Waals surface area (Å²) in [5.74, 6) is -0.102. The normalized spacial score (nSPS) is 10.8. The van der Waals surface area contributed by atoms with Crippen molar-refractivity contribution < 1.29 is 14.3 Å². The molecule has 6 heteroatoms. The molecule has 21 heavy (non-hydrogen) atoms. The summed E-state index contributed by atoms with van der Waals surface area (Å²) in [6.45, 7) is 9.54. The lowest BCUT2D eigenvalue weighted by Gasteiger charge is -2.24. The highest BCUT2D eigenvalue weighted by atomic mass is 32.1. The Bertz CT molecular complexity index is 523. The van der Waals surface area contributed by atoms with Gasteiger partial charge in [0.2, 0.25) is 0 Å². The van der Waals surface area contributed by atoms with Crippen molar-refractivity contribution >= 4 is 33.8 Å². The lowest BCUT2D eigenvalue weighted by atomic mass is 10.1. The summed E-state index contributed by atoms with van der Waals surface area (Å²) in [6, 6.07) is 0. The third kappa shape index (κ3) is 3.75. The van der Waals surface area contributed by atoms with Crippen LogP contribution in [0.1, 0.15) is 54.1 Å². The first-order chi connectivity index (χ1) is 9.87. The summed E-state index contributed by atoms with van der Waals surface area (Å²) in [4.78, 5) is 26.6. The molecule has 118 valence electrons. The number of ketones is 1. The van der Waals surface area contributed by atoms with Gasteiger partial charge in [0.1, 0.15) is 10.6 Å². The van der Waals surface area contributed by atoms with Crippen molar-refractivity contribution in [1.82, 2.24) is 0 Å². The summed E-state index contributed by atoms with van der Waals surface area (Å²) in [7, 11) is 1.32. The second-order valence-electron chi connectivity index (χ2n) is 5.23. The van der Waals surface area contributed by atoms with Crippen molar-refractivity contribution in [2.75, 3.05) is 30.8 Å². The molecular formula is C15H24N2O3S. The van der Waals surface area contributed by atoms with E-state index in [0.717, 1.165) is 18.1 Å². The van der Waals surface area contributed by atoms with Crippen LogP contribution in [0.2, 0.25) is 0 Å². The predicted molar refractivity (Wildman–Crippen MR) is 87.4 cm³/mol. The number of nitrogens with zero attached hydrogens (tertiary/aromatic N) is 1. The molecule has 0 radical (unpaired) electrons. The Hall–Kier alpha value is -1.56. The van der Waals surface area contributed by atoms with E-state index in [9.17, 15) is 9.59 Å². The van der Waals surface area contributed by atoms with Crippen LogP contribution in [0.5, 0.6) is 0 Å². The van der Waals surface area contributed by atoms with Crippen molar-refractivity contribution in [2.45, 2.75) is 34.1 Å². The number of rotatable bonds is 7. The molecule has 0 amide bonds. The second kappa shape index (κ2) is 7.45. The smallest absolute Gasteiger partial charge is 0.343 e. The number of carbonyl (C=O) groups is 2. The molecule has 5 nitrogen and oxygen atoms in total. The Balaban J connectivity index is 3.40. The monoisotopic (exact) mass is 312 g/mol. The van der Waals surface area contributed by atoms with Crippen LogP contribution in [0.3, 0.4) is 0 Å². The highest BCUT2D eigenvalue weighted by Gasteiger charge is 2.28. The number of carbonyl (C=O) groups excluding carboxylic acids is 2. The number of hydrogen-bond donors (Lipinski definition) is 1. The van der Waals surface area contributed by atoms with Crippen molar-refractivity contribution in [2.24, 2.45) is 5.92 Å². The quantitative estimate of drug-likeness (QED) is 0.618. The van der Waals surface area contributed by atoms with Crippen molar-refractivity contribution in [1.29, 1.82) is 0 Å². The molecule has 0 fully saturated rings. The molecule has 0 spiro atoms. The van der Waals surface area contributed by atoms with E-state index in [1.165, 1.54) is 18.4 Å². The number of hydrogen-bond acceptors (Lipinski definition) is 6. The van der Waals surface area contributed by atoms with Gasteiger partial charge in [-0.25, -0.2) is 4.79 Å². The van der Waals surface area contributed by atoms with Gasteiger partial charge in [0.15, 0.2) is 5.78 Å². The van der Waals surface area contributed by atoms with Crippen molar-refractivity contribution in [3.05, 3.63) is 10.4 Å². The highest BCUT2D eigenvalue weighted by molar-refractivity contribution is 7.19. The largest absolute Gasteiger partial charge is 0.465 e. The molecule has 1 heterocycles. The van der Waals surface area contributed by atoms with Crippen LogP contribution in [0.15, 0.2) is 0 Å². The predicted octanol–water partition coefficient (Wildman–Crippen LogP) is 3.19. The SMILES string of the molecule is CCC(=O)c1sc(N(CC)CC(C)C)c(C(=O)OC)c1N. The maximum absolute atomic E-state index is 12.1. The average Bonchev–Trinajstić information content (AvgIpc) is 2.80. The number of nitrogens with two attached hydrogens (primary N) is 1. The number of ether oxygens (including phenoxy) is 1. The maximum atomic E-state index is 12.1. The summed E-state index contributed by atoms with van der Waals surface area (Å²) in [6.07, 6.45) is 0.362. The fraction of sp³-hybridized carbons (Fsp3) is 0.600. The van der Waals surface area contributed by atoms with Gasteiger partial charge in [-0.2, -0.15) is 0 Å². The van der Waals surface area contributed by atoms with Gasteiger partial charge in [-0.1, -0.05) is 20.8 Å². The Labute approximate surface area is 130 Å². The van der Waals surface area contributed by atoms with Gasteiger partial charge in [0.05, 0.1) is 17.7 Å². The van der Waals surface area contributed by atoms with Gasteiger partial charge in [0.25, 0.3) is 0 Å². The minimum atomic E-state index is -0.490. The fourth-order valence-corrected chi connectivity index (χ4v) is 3.41. The molecule has 0 saturated carbocycles. The summed E-state index contributed by atoms with van der Waals surface area (Å²) < 4.78 is 4.83. The van der Waals surface area contributed by atoms with E-state index in [1.807, 2.05) is 6.92 Å². The van der Waals surface area contributed by atoms with Crippen LogP contribution in [0, 0.1) is 5.92 Å². The Morgan fingerprint density at radius 1 is 1.33 bits per heavy atom. The first-order valence-electron chi connectivity index (χ1n) is 7.15. The lowest BCUT2D eigenvalue weighted by Crippen LogP contribution is -2.28. The van der Waals surface area contributed by atoms with Crippen LogP contribution in [0.4, 0.5) is 10.7 Å². The number of methoxy groups -OCH3 is 1. The molecule has 0 unspecified atom stereocenters. The van der Waals surface area contributed by atoms with Crippen LogP contribution in [-0.4, -0.2) is 32.0 Å². The number of anilines is 2. The summed E-state index contributed by atoms with van der Waals surface area (Å²) >= 11 is 1.29. The van der Waals surface area contributed by atoms with Crippen molar-refractivity contribution in [3.8, 4) is 0 Å². The molecule has 0 bridgehead atoms. The second-order valence-corrected chi connectivity index (χ2v) is 6.22. The molecule has 1 aromatic heterocycles. The van der Waals surface area contributed by atoms with Crippen LogP contribution in [-0.2, 0) is 4.74 Å². The van der Waals surface area contributed by atoms with Gasteiger partial charge in [-0.15, -0.1) is 11.3 Å². The van der Waals surface area contributed by atoms with Gasteiger partial charge in [-0.05, 0) is 12.8 Å². The number of thiophene rings is 1. The first kappa shape index (κ1) is 17.5. The molecule has 0 atom stereocenters. The van der Waals surface area contributed by atoms with Crippen molar-refractivity contribution in [3.63, 3.8) is 0 Å². The van der Waals surface area contributed by atoms with E-state index in [4.69, 9.17) is 10.5 Å². The molecular weight excluding hydrogens is 288 g/mol. The van der Waals surface area contributed by atoms with Crippen LogP contribution >= 0.6 is 11.3 Å². The van der Waals surface area contributed by atoms with E-state index < -0.39 is 5.97 Å². The zero-order valence-electron chi connectivity index (χ0n) is 13.4. The van der Waals surface area contributed by atoms with E-state index in [-0.39, 0.29) is 11.5 Å². The van der Waals surface area contributed by atoms with Crippen LogP contribution in [0.25, 0.3) is 0 Å². The third-order valence-electron chi connectivity index (χ3n) is 3.14. The van der Waals surface area contributed by atoms with E-state index in [1.54, 1.807) is 6.92 Å². The summed E-state index contributed by atoms with van der Waals surface area (Å²) in [5.41, 5.74) is 6.61. The minimum absolute atomic E-state index is 0.0468. The van der Waals surface area contributed by atoms with E-state index >= 15 is 0 Å². The van der Waals surface area contributed by atoms with Crippen LogP contribution < -0.4 is 10.6 Å². The molecule has 0 aliphatic rings. The third-order valence-corrected chi connectivity index (χ3v) is 4.45. The van der Waals surface area contributed by atoms with Gasteiger partial charge in [0, 0.05) is 19.5 Å². The Morgan fingerprint density at radius 3 is 2.38 bits per heavy atom. The Kier molecular flexibility index (Phi) is 6.20. The molecule has 0 aromatic carbocycles. The zero-order chi connectivity index (χ0) is 16.2. The molecule has 0 saturated heterocycles. The standard InChI is InChI=1S/C15H24N2O3S/c1-6-10(18)13-12(16)11(15(19)20-5)14(21-13)17(7-2)8-9(3)4/h9H,6-8,16H2,1-5H3. The average molecular weight is 312 g/mol. The molecule has 2 N–H and O–H groups in total. The molecule has 1 aromatic rings. The summed E-state index contributed by atoms with van der Waals surface area (Å²) in [5, 5.41) is 0.729. The number of nitrogen functional groups attached to an aromatic ring is 1. The lowest BCUT2D eigenvalue weighted by molar-refractivity contribution is 0.0603. The molecule has 1 rings (SSSR count). The topological polar surface area (TPSA) is 72.6 Å². The fourth-order valence-electron chi connectivity index (χ4n) is 2.12. The highest BCUT2D eigenvalue weighted by Crippen LogP contribution is 2.39. The van der Waals surface area contributed by atoms with E-state index in [0.29, 0.717) is 22.8 Å². The maximum Gasteiger partial charge on any atom is 0.343 e. The van der Waals surface area contributed by atoms with Gasteiger partial charge >= 0.3 is 5.97 Å². The van der Waals surface area contributed by atoms with E-state index in [2.05, 4.69) is 18.7 Å². The van der Waals surface area contributed by atoms with Gasteiger partial charge < -0.3 is 15.4 Å².